The second-order valence-electron chi connectivity index (χ2n) is 5.06. The van der Waals surface area contributed by atoms with Crippen LogP contribution in [0.3, 0.4) is 0 Å². The molecular weight excluding hydrogens is 289 g/mol. The summed E-state index contributed by atoms with van der Waals surface area (Å²) in [5.74, 6) is -2.35. The Bertz CT molecular complexity index is 557. The van der Waals surface area contributed by atoms with Gasteiger partial charge in [0.25, 0.3) is 5.91 Å². The minimum absolute atomic E-state index is 0.0150. The smallest absolute Gasteiger partial charge is 0.433 e. The van der Waals surface area contributed by atoms with Crippen LogP contribution in [0.4, 0.5) is 13.2 Å². The van der Waals surface area contributed by atoms with Gasteiger partial charge >= 0.3 is 12.1 Å². The molecular formula is C13H13F3N2O3. The highest BCUT2D eigenvalue weighted by molar-refractivity contribution is 5.94. The normalized spacial score (nSPS) is 22.4. The molecule has 2 atom stereocenters. The summed E-state index contributed by atoms with van der Waals surface area (Å²) in [6.45, 7) is 2.03. The predicted molar refractivity (Wildman–Crippen MR) is 65.4 cm³/mol. The number of aliphatic carboxylic acids is 1. The lowest BCUT2D eigenvalue weighted by Crippen LogP contribution is -2.30. The largest absolute Gasteiger partial charge is 0.481 e. The fraction of sp³-hybridized carbons (Fsp3) is 0.462. The van der Waals surface area contributed by atoms with Gasteiger partial charge in [0.05, 0.1) is 11.5 Å². The van der Waals surface area contributed by atoms with E-state index in [1.807, 2.05) is 0 Å². The highest BCUT2D eigenvalue weighted by atomic mass is 19.4. The number of hydrogen-bond donors (Lipinski definition) is 1. The molecule has 1 aliphatic rings. The van der Waals surface area contributed by atoms with E-state index in [-0.39, 0.29) is 24.6 Å². The molecule has 0 aromatic carbocycles. The number of hydrogen-bond acceptors (Lipinski definition) is 3. The first-order valence-corrected chi connectivity index (χ1v) is 6.25. The number of alkyl halides is 3. The number of amides is 1. The zero-order valence-electron chi connectivity index (χ0n) is 11.1. The Morgan fingerprint density at radius 3 is 2.43 bits per heavy atom. The van der Waals surface area contributed by atoms with E-state index < -0.39 is 29.7 Å². The molecule has 0 radical (unpaired) electrons. The third kappa shape index (κ3) is 3.14. The van der Waals surface area contributed by atoms with Gasteiger partial charge in [0.2, 0.25) is 0 Å². The average molecular weight is 302 g/mol. The number of likely N-dealkylation sites (tertiary alicyclic amines) is 1. The number of halogens is 3. The van der Waals surface area contributed by atoms with Gasteiger partial charge in [-0.2, -0.15) is 13.2 Å². The zero-order chi connectivity index (χ0) is 15.8. The molecule has 21 heavy (non-hydrogen) atoms. The van der Waals surface area contributed by atoms with Crippen molar-refractivity contribution in [3.8, 4) is 0 Å². The van der Waals surface area contributed by atoms with E-state index in [0.29, 0.717) is 0 Å². The number of nitrogens with zero attached hydrogens (tertiary/aromatic N) is 2. The highest BCUT2D eigenvalue weighted by Crippen LogP contribution is 2.28. The number of carbonyl (C=O) groups is 2. The van der Waals surface area contributed by atoms with Gasteiger partial charge in [0, 0.05) is 19.3 Å². The van der Waals surface area contributed by atoms with Gasteiger partial charge in [-0.3, -0.25) is 14.6 Å². The van der Waals surface area contributed by atoms with Gasteiger partial charge in [-0.05, 0) is 18.1 Å². The first-order chi connectivity index (χ1) is 9.70. The SMILES string of the molecule is CC1CN(C(=O)c2ccc(C(F)(F)F)nc2)CC1C(=O)O. The fourth-order valence-corrected chi connectivity index (χ4v) is 2.32. The number of carboxylic acids is 1. The second-order valence-corrected chi connectivity index (χ2v) is 5.06. The van der Waals surface area contributed by atoms with Crippen LogP contribution in [0.1, 0.15) is 23.0 Å². The van der Waals surface area contributed by atoms with Gasteiger partial charge in [-0.1, -0.05) is 6.92 Å². The molecule has 0 saturated carbocycles. The van der Waals surface area contributed by atoms with Gasteiger partial charge < -0.3 is 10.0 Å². The molecule has 0 aliphatic carbocycles. The standard InChI is InChI=1S/C13H13F3N2O3/c1-7-5-18(6-9(7)12(20)21)11(19)8-2-3-10(17-4-8)13(14,15)16/h2-4,7,9H,5-6H2,1H3,(H,20,21). The van der Waals surface area contributed by atoms with Gasteiger partial charge in [0.15, 0.2) is 0 Å². The third-order valence-corrected chi connectivity index (χ3v) is 3.52. The Labute approximate surface area is 118 Å². The molecule has 1 amide bonds. The molecule has 5 nitrogen and oxygen atoms in total. The van der Waals surface area contributed by atoms with Crippen molar-refractivity contribution in [3.05, 3.63) is 29.6 Å². The van der Waals surface area contributed by atoms with Crippen LogP contribution in [0.5, 0.6) is 0 Å². The predicted octanol–water partition coefficient (Wildman–Crippen LogP) is 1.89. The van der Waals surface area contributed by atoms with E-state index in [0.717, 1.165) is 18.3 Å². The molecule has 0 spiro atoms. The maximum atomic E-state index is 12.4. The first-order valence-electron chi connectivity index (χ1n) is 6.25. The zero-order valence-corrected chi connectivity index (χ0v) is 11.1. The third-order valence-electron chi connectivity index (χ3n) is 3.52. The fourth-order valence-electron chi connectivity index (χ4n) is 2.32. The molecule has 2 heterocycles. The summed E-state index contributed by atoms with van der Waals surface area (Å²) in [6.07, 6.45) is -3.69. The van der Waals surface area contributed by atoms with Crippen LogP contribution in [0, 0.1) is 11.8 Å². The molecule has 1 N–H and O–H groups in total. The second kappa shape index (κ2) is 5.34. The molecule has 2 rings (SSSR count). The summed E-state index contributed by atoms with van der Waals surface area (Å²) in [6, 6.07) is 1.79. The minimum atomic E-state index is -4.56. The van der Waals surface area contributed by atoms with Crippen molar-refractivity contribution < 1.29 is 27.9 Å². The van der Waals surface area contributed by atoms with Crippen molar-refractivity contribution in [3.63, 3.8) is 0 Å². The summed E-state index contributed by atoms with van der Waals surface area (Å²) in [5.41, 5.74) is -1.06. The molecule has 1 fully saturated rings. The summed E-state index contributed by atoms with van der Waals surface area (Å²) in [5, 5.41) is 9.00. The van der Waals surface area contributed by atoms with E-state index in [1.165, 1.54) is 4.90 Å². The number of carbonyl (C=O) groups excluding carboxylic acids is 1. The van der Waals surface area contributed by atoms with Gasteiger partial charge in [-0.15, -0.1) is 0 Å². The molecule has 0 bridgehead atoms. The summed E-state index contributed by atoms with van der Waals surface area (Å²) in [7, 11) is 0. The number of pyridine rings is 1. The Morgan fingerprint density at radius 1 is 1.33 bits per heavy atom. The molecule has 1 saturated heterocycles. The number of aromatic nitrogens is 1. The maximum absolute atomic E-state index is 12.4. The maximum Gasteiger partial charge on any atom is 0.433 e. The Hall–Kier alpha value is -2.12. The minimum Gasteiger partial charge on any atom is -0.481 e. The molecule has 2 unspecified atom stereocenters. The van der Waals surface area contributed by atoms with Crippen molar-refractivity contribution >= 4 is 11.9 Å². The van der Waals surface area contributed by atoms with Crippen LogP contribution in [0.15, 0.2) is 18.3 Å². The summed E-state index contributed by atoms with van der Waals surface area (Å²) >= 11 is 0. The number of rotatable bonds is 2. The topological polar surface area (TPSA) is 70.5 Å². The van der Waals surface area contributed by atoms with Gasteiger partial charge in [-0.25, -0.2) is 0 Å². The Balaban J connectivity index is 2.13. The van der Waals surface area contributed by atoms with Crippen LogP contribution in [0.25, 0.3) is 0 Å². The van der Waals surface area contributed by atoms with Crippen molar-refractivity contribution in [1.82, 2.24) is 9.88 Å². The summed E-state index contributed by atoms with van der Waals surface area (Å²) in [4.78, 5) is 27.7. The van der Waals surface area contributed by atoms with Crippen LogP contribution >= 0.6 is 0 Å². The van der Waals surface area contributed by atoms with E-state index in [1.54, 1.807) is 6.92 Å². The van der Waals surface area contributed by atoms with E-state index in [2.05, 4.69) is 4.98 Å². The molecule has 1 aromatic heterocycles. The van der Waals surface area contributed by atoms with E-state index in [4.69, 9.17) is 5.11 Å². The van der Waals surface area contributed by atoms with Crippen LogP contribution < -0.4 is 0 Å². The van der Waals surface area contributed by atoms with Crippen molar-refractivity contribution in [1.29, 1.82) is 0 Å². The Kier molecular flexibility index (Phi) is 3.89. The van der Waals surface area contributed by atoms with E-state index >= 15 is 0 Å². The molecule has 114 valence electrons. The van der Waals surface area contributed by atoms with Crippen LogP contribution in [0.2, 0.25) is 0 Å². The van der Waals surface area contributed by atoms with Crippen molar-refractivity contribution in [2.24, 2.45) is 11.8 Å². The average Bonchev–Trinajstić information content (AvgIpc) is 2.79. The van der Waals surface area contributed by atoms with Gasteiger partial charge in [0.1, 0.15) is 5.69 Å². The van der Waals surface area contributed by atoms with Crippen molar-refractivity contribution in [2.45, 2.75) is 13.1 Å². The lowest BCUT2D eigenvalue weighted by atomic mass is 9.99. The van der Waals surface area contributed by atoms with Crippen molar-refractivity contribution in [2.75, 3.05) is 13.1 Å². The van der Waals surface area contributed by atoms with E-state index in [9.17, 15) is 22.8 Å². The molecule has 1 aromatic rings. The van der Waals surface area contributed by atoms with Crippen LogP contribution in [-0.2, 0) is 11.0 Å². The molecule has 1 aliphatic heterocycles. The summed E-state index contributed by atoms with van der Waals surface area (Å²) < 4.78 is 37.2. The monoisotopic (exact) mass is 302 g/mol. The number of carboxylic acid groups (broad SMARTS) is 1. The van der Waals surface area contributed by atoms with Crippen LogP contribution in [-0.4, -0.2) is 40.0 Å². The quantitative estimate of drug-likeness (QED) is 0.905. The lowest BCUT2D eigenvalue weighted by Gasteiger charge is -2.16. The first kappa shape index (κ1) is 15.3. The molecule has 8 heteroatoms. The Morgan fingerprint density at radius 2 is 2.00 bits per heavy atom. The highest BCUT2D eigenvalue weighted by Gasteiger charge is 2.37. The lowest BCUT2D eigenvalue weighted by molar-refractivity contribution is -0.142.